The summed E-state index contributed by atoms with van der Waals surface area (Å²) in [6, 6.07) is 26.4. The van der Waals surface area contributed by atoms with Gasteiger partial charge in [0.1, 0.15) is 18.1 Å². The molecule has 1 aliphatic heterocycles. The van der Waals surface area contributed by atoms with E-state index in [0.29, 0.717) is 5.02 Å². The molecule has 0 saturated heterocycles. The lowest BCUT2D eigenvalue weighted by molar-refractivity contribution is -0.127. The van der Waals surface area contributed by atoms with E-state index in [1.54, 1.807) is 30.3 Å². The predicted octanol–water partition coefficient (Wildman–Crippen LogP) is 4.64. The van der Waals surface area contributed by atoms with Crippen molar-refractivity contribution in [2.45, 2.75) is 11.0 Å². The summed E-state index contributed by atoms with van der Waals surface area (Å²) in [6.07, 6.45) is -1.05. The lowest BCUT2D eigenvalue weighted by Crippen LogP contribution is -2.51. The van der Waals surface area contributed by atoms with Crippen LogP contribution in [0.2, 0.25) is 5.02 Å². The SMILES string of the molecule is O=C(NCCOc1cccc2ccccc12)C1CN(S(=O)(=O)c2ccccc2)c2cc(Cl)ccc2O1. The fourth-order valence-corrected chi connectivity index (χ4v) is 5.73. The van der Waals surface area contributed by atoms with Gasteiger partial charge in [-0.15, -0.1) is 0 Å². The Morgan fingerprint density at radius 1 is 1.00 bits per heavy atom. The molecule has 0 bridgehead atoms. The topological polar surface area (TPSA) is 84.9 Å². The van der Waals surface area contributed by atoms with E-state index in [4.69, 9.17) is 21.1 Å². The second-order valence-electron chi connectivity index (χ2n) is 8.18. The number of amides is 1. The zero-order valence-corrected chi connectivity index (χ0v) is 20.7. The Balaban J connectivity index is 1.29. The minimum Gasteiger partial charge on any atom is -0.491 e. The number of ether oxygens (including phenoxy) is 2. The molecule has 0 fully saturated rings. The van der Waals surface area contributed by atoms with Gasteiger partial charge in [-0.25, -0.2) is 8.42 Å². The number of nitrogens with zero attached hydrogens (tertiary/aromatic N) is 1. The van der Waals surface area contributed by atoms with Crippen molar-refractivity contribution >= 4 is 44.0 Å². The summed E-state index contributed by atoms with van der Waals surface area (Å²) in [4.78, 5) is 13.1. The van der Waals surface area contributed by atoms with Crippen LogP contribution in [0.5, 0.6) is 11.5 Å². The summed E-state index contributed by atoms with van der Waals surface area (Å²) in [5, 5.41) is 5.20. The van der Waals surface area contributed by atoms with E-state index in [1.807, 2.05) is 42.5 Å². The summed E-state index contributed by atoms with van der Waals surface area (Å²) in [5.41, 5.74) is 0.287. The number of carbonyl (C=O) groups is 1. The maximum absolute atomic E-state index is 13.4. The first-order chi connectivity index (χ1) is 17.4. The van der Waals surface area contributed by atoms with Crippen LogP contribution in [-0.4, -0.2) is 40.1 Å². The highest BCUT2D eigenvalue weighted by atomic mass is 35.5. The van der Waals surface area contributed by atoms with Gasteiger partial charge in [-0.05, 0) is 41.8 Å². The molecule has 0 saturated carbocycles. The molecular weight excluding hydrogens is 500 g/mol. The van der Waals surface area contributed by atoms with E-state index in [1.165, 1.54) is 22.5 Å². The first-order valence-electron chi connectivity index (χ1n) is 11.4. The second kappa shape index (κ2) is 10.1. The van der Waals surface area contributed by atoms with Crippen LogP contribution in [0.3, 0.4) is 0 Å². The Labute approximate surface area is 214 Å². The van der Waals surface area contributed by atoms with Crippen LogP contribution >= 0.6 is 11.6 Å². The Kier molecular flexibility index (Phi) is 6.71. The van der Waals surface area contributed by atoms with Crippen LogP contribution in [0.25, 0.3) is 10.8 Å². The molecule has 0 aliphatic carbocycles. The molecule has 7 nitrogen and oxygen atoms in total. The fraction of sp³-hybridized carbons (Fsp3) is 0.148. The maximum Gasteiger partial charge on any atom is 0.264 e. The van der Waals surface area contributed by atoms with Crippen molar-refractivity contribution in [3.05, 3.63) is 96.0 Å². The molecule has 4 aromatic rings. The smallest absolute Gasteiger partial charge is 0.264 e. The molecule has 184 valence electrons. The molecule has 4 aromatic carbocycles. The summed E-state index contributed by atoms with van der Waals surface area (Å²) in [5.74, 6) is 0.546. The van der Waals surface area contributed by atoms with Gasteiger partial charge in [-0.2, -0.15) is 0 Å². The van der Waals surface area contributed by atoms with Crippen molar-refractivity contribution in [2.24, 2.45) is 0 Å². The number of carbonyl (C=O) groups excluding carboxylic acids is 1. The highest BCUT2D eigenvalue weighted by Crippen LogP contribution is 2.38. The van der Waals surface area contributed by atoms with Crippen LogP contribution in [0.4, 0.5) is 5.69 Å². The van der Waals surface area contributed by atoms with Crippen LogP contribution in [0.15, 0.2) is 95.9 Å². The number of fused-ring (bicyclic) bond motifs is 2. The van der Waals surface area contributed by atoms with Crippen LogP contribution in [0, 0.1) is 0 Å². The molecule has 1 aliphatic rings. The average Bonchev–Trinajstić information content (AvgIpc) is 2.91. The summed E-state index contributed by atoms with van der Waals surface area (Å²) >= 11 is 6.14. The summed E-state index contributed by atoms with van der Waals surface area (Å²) in [6.45, 7) is 0.270. The molecule has 36 heavy (non-hydrogen) atoms. The molecule has 5 rings (SSSR count). The minimum atomic E-state index is -3.95. The average molecular weight is 523 g/mol. The zero-order valence-electron chi connectivity index (χ0n) is 19.1. The molecule has 0 radical (unpaired) electrons. The third kappa shape index (κ3) is 4.82. The normalized spacial score (nSPS) is 15.1. The quantitative estimate of drug-likeness (QED) is 0.357. The molecule has 1 unspecified atom stereocenters. The standard InChI is InChI=1S/C27H23ClN2O5S/c28-20-13-14-25-23(17-20)30(36(32,33)21-9-2-1-3-10-21)18-26(35-25)27(31)29-15-16-34-24-12-6-8-19-7-4-5-11-22(19)24/h1-14,17,26H,15-16,18H2,(H,29,31). The third-order valence-electron chi connectivity index (χ3n) is 5.82. The highest BCUT2D eigenvalue weighted by molar-refractivity contribution is 7.92. The largest absolute Gasteiger partial charge is 0.491 e. The lowest BCUT2D eigenvalue weighted by Gasteiger charge is -2.34. The van der Waals surface area contributed by atoms with Gasteiger partial charge in [-0.1, -0.05) is 66.2 Å². The Morgan fingerprint density at radius 3 is 2.58 bits per heavy atom. The van der Waals surface area contributed by atoms with Gasteiger partial charge in [0.15, 0.2) is 6.10 Å². The zero-order chi connectivity index (χ0) is 25.1. The van der Waals surface area contributed by atoms with Crippen molar-refractivity contribution in [3.8, 4) is 11.5 Å². The molecule has 1 N–H and O–H groups in total. The summed E-state index contributed by atoms with van der Waals surface area (Å²) < 4.78 is 39.8. The van der Waals surface area contributed by atoms with E-state index >= 15 is 0 Å². The number of benzene rings is 4. The molecule has 9 heteroatoms. The number of nitrogens with one attached hydrogen (secondary N) is 1. The minimum absolute atomic E-state index is 0.112. The highest BCUT2D eigenvalue weighted by Gasteiger charge is 2.37. The number of hydrogen-bond donors (Lipinski definition) is 1. The molecular formula is C27H23ClN2O5S. The van der Waals surface area contributed by atoms with E-state index in [9.17, 15) is 13.2 Å². The second-order valence-corrected chi connectivity index (χ2v) is 10.5. The van der Waals surface area contributed by atoms with Crippen LogP contribution in [-0.2, 0) is 14.8 Å². The molecule has 1 amide bonds. The molecule has 0 spiro atoms. The fourth-order valence-electron chi connectivity index (χ4n) is 4.08. The number of rotatable bonds is 7. The number of hydrogen-bond acceptors (Lipinski definition) is 5. The lowest BCUT2D eigenvalue weighted by atomic mass is 10.1. The predicted molar refractivity (Wildman–Crippen MR) is 139 cm³/mol. The van der Waals surface area contributed by atoms with Crippen LogP contribution in [0.1, 0.15) is 0 Å². The van der Waals surface area contributed by atoms with E-state index < -0.39 is 22.0 Å². The van der Waals surface area contributed by atoms with E-state index in [0.717, 1.165) is 16.5 Å². The van der Waals surface area contributed by atoms with E-state index in [2.05, 4.69) is 5.32 Å². The van der Waals surface area contributed by atoms with Gasteiger partial charge >= 0.3 is 0 Å². The number of halogens is 1. The van der Waals surface area contributed by atoms with Crippen LogP contribution < -0.4 is 19.1 Å². The van der Waals surface area contributed by atoms with E-state index in [-0.39, 0.29) is 36.0 Å². The van der Waals surface area contributed by atoms with Crippen molar-refractivity contribution in [1.82, 2.24) is 5.32 Å². The van der Waals surface area contributed by atoms with Gasteiger partial charge in [0, 0.05) is 10.4 Å². The summed E-state index contributed by atoms with van der Waals surface area (Å²) in [7, 11) is -3.95. The van der Waals surface area contributed by atoms with Gasteiger partial charge < -0.3 is 14.8 Å². The number of sulfonamides is 1. The van der Waals surface area contributed by atoms with Crippen molar-refractivity contribution < 1.29 is 22.7 Å². The van der Waals surface area contributed by atoms with Crippen molar-refractivity contribution in [2.75, 3.05) is 24.0 Å². The van der Waals surface area contributed by atoms with Gasteiger partial charge in [0.25, 0.3) is 15.9 Å². The molecule has 0 aromatic heterocycles. The molecule has 1 heterocycles. The Hall–Kier alpha value is -3.75. The monoisotopic (exact) mass is 522 g/mol. The van der Waals surface area contributed by atoms with Crippen molar-refractivity contribution in [1.29, 1.82) is 0 Å². The first kappa shape index (κ1) is 24.0. The van der Waals surface area contributed by atoms with Gasteiger partial charge in [-0.3, -0.25) is 9.10 Å². The van der Waals surface area contributed by atoms with Gasteiger partial charge in [0.2, 0.25) is 0 Å². The third-order valence-corrected chi connectivity index (χ3v) is 7.85. The maximum atomic E-state index is 13.4. The number of anilines is 1. The van der Waals surface area contributed by atoms with Crippen molar-refractivity contribution in [3.63, 3.8) is 0 Å². The Morgan fingerprint density at radius 2 is 1.75 bits per heavy atom. The molecule has 1 atom stereocenters. The first-order valence-corrected chi connectivity index (χ1v) is 13.2. The van der Waals surface area contributed by atoms with Gasteiger partial charge in [0.05, 0.1) is 23.7 Å². The Bertz CT molecular complexity index is 1510.